The molecule has 0 atom stereocenters. The van der Waals surface area contributed by atoms with Crippen LogP contribution in [0.15, 0.2) is 36.4 Å². The van der Waals surface area contributed by atoms with Crippen molar-refractivity contribution in [1.82, 2.24) is 0 Å². The Morgan fingerprint density at radius 2 is 2.14 bits per heavy atom. The zero-order valence-electron chi connectivity index (χ0n) is 12.0. The van der Waals surface area contributed by atoms with Crippen LogP contribution in [0.5, 0.6) is 0 Å². The summed E-state index contributed by atoms with van der Waals surface area (Å²) >= 11 is 5.79. The number of hydrogen-bond acceptors (Lipinski definition) is 2. The minimum Gasteiger partial charge on any atom is -0.379 e. The van der Waals surface area contributed by atoms with Crippen LogP contribution in [-0.4, -0.2) is 13.6 Å². The van der Waals surface area contributed by atoms with Crippen LogP contribution in [0.25, 0.3) is 0 Å². The molecule has 2 aromatic carbocycles. The van der Waals surface area contributed by atoms with Gasteiger partial charge in [0.15, 0.2) is 5.82 Å². The van der Waals surface area contributed by atoms with Gasteiger partial charge in [-0.3, -0.25) is 0 Å². The molecule has 1 aliphatic rings. The molecule has 3 rings (SSSR count). The molecule has 1 aliphatic heterocycles. The van der Waals surface area contributed by atoms with Gasteiger partial charge in [-0.05, 0) is 42.2 Å². The molecule has 0 saturated heterocycles. The molecule has 1 N–H and O–H groups in total. The first-order valence-electron chi connectivity index (χ1n) is 7.16. The zero-order chi connectivity index (χ0) is 14.8. The standard InChI is InChI=1S/C17H18ClFN2/c1-21-9-3-4-13-10-12(7-8-16(13)21)11-20-15-6-2-5-14(18)17(15)19/h2,5-8,10,20H,3-4,9,11H2,1H3. The summed E-state index contributed by atoms with van der Waals surface area (Å²) in [7, 11) is 2.12. The molecule has 0 bridgehead atoms. The number of fused-ring (bicyclic) bond motifs is 1. The summed E-state index contributed by atoms with van der Waals surface area (Å²) in [5.41, 5.74) is 4.27. The van der Waals surface area contributed by atoms with Crippen LogP contribution in [0.3, 0.4) is 0 Å². The quantitative estimate of drug-likeness (QED) is 0.900. The van der Waals surface area contributed by atoms with E-state index >= 15 is 0 Å². The predicted octanol–water partition coefficient (Wildman–Crippen LogP) is 4.47. The van der Waals surface area contributed by atoms with Crippen molar-refractivity contribution in [2.75, 3.05) is 23.8 Å². The fourth-order valence-electron chi connectivity index (χ4n) is 2.79. The molecule has 0 aromatic heterocycles. The van der Waals surface area contributed by atoms with E-state index in [1.54, 1.807) is 18.2 Å². The lowest BCUT2D eigenvalue weighted by atomic mass is 9.99. The second-order valence-corrected chi connectivity index (χ2v) is 5.85. The van der Waals surface area contributed by atoms with Gasteiger partial charge >= 0.3 is 0 Å². The third-order valence-electron chi connectivity index (χ3n) is 3.93. The van der Waals surface area contributed by atoms with Gasteiger partial charge in [0.1, 0.15) is 0 Å². The molecule has 0 aliphatic carbocycles. The van der Waals surface area contributed by atoms with Crippen molar-refractivity contribution in [1.29, 1.82) is 0 Å². The summed E-state index contributed by atoms with van der Waals surface area (Å²) in [6.07, 6.45) is 2.29. The summed E-state index contributed by atoms with van der Waals surface area (Å²) in [4.78, 5) is 2.28. The van der Waals surface area contributed by atoms with Crippen LogP contribution >= 0.6 is 11.6 Å². The van der Waals surface area contributed by atoms with Crippen molar-refractivity contribution in [2.45, 2.75) is 19.4 Å². The molecule has 0 unspecified atom stereocenters. The van der Waals surface area contributed by atoms with Crippen molar-refractivity contribution in [2.24, 2.45) is 0 Å². The molecule has 0 radical (unpaired) electrons. The molecule has 21 heavy (non-hydrogen) atoms. The molecule has 1 heterocycles. The van der Waals surface area contributed by atoms with Crippen LogP contribution in [-0.2, 0) is 13.0 Å². The Morgan fingerprint density at radius 3 is 3.00 bits per heavy atom. The lowest BCUT2D eigenvalue weighted by Crippen LogP contribution is -2.24. The average molecular weight is 305 g/mol. The van der Waals surface area contributed by atoms with E-state index in [1.165, 1.54) is 17.7 Å². The molecule has 0 amide bonds. The van der Waals surface area contributed by atoms with Gasteiger partial charge in [0.2, 0.25) is 0 Å². The summed E-state index contributed by atoms with van der Waals surface area (Å²) in [5.74, 6) is -0.392. The Morgan fingerprint density at radius 1 is 1.29 bits per heavy atom. The fraction of sp³-hybridized carbons (Fsp3) is 0.294. The second kappa shape index (κ2) is 5.94. The smallest absolute Gasteiger partial charge is 0.164 e. The van der Waals surface area contributed by atoms with Crippen molar-refractivity contribution in [3.05, 3.63) is 58.4 Å². The zero-order valence-corrected chi connectivity index (χ0v) is 12.8. The van der Waals surface area contributed by atoms with Crippen LogP contribution in [0.1, 0.15) is 17.5 Å². The number of aryl methyl sites for hydroxylation is 1. The van der Waals surface area contributed by atoms with Gasteiger partial charge in [0.25, 0.3) is 0 Å². The molecule has 2 nitrogen and oxygen atoms in total. The highest BCUT2D eigenvalue weighted by Gasteiger charge is 2.13. The van der Waals surface area contributed by atoms with E-state index in [4.69, 9.17) is 11.6 Å². The summed E-state index contributed by atoms with van der Waals surface area (Å²) in [6.45, 7) is 1.70. The van der Waals surface area contributed by atoms with E-state index in [2.05, 4.69) is 35.5 Å². The van der Waals surface area contributed by atoms with Crippen LogP contribution in [0, 0.1) is 5.82 Å². The normalized spacial score (nSPS) is 14.0. The summed E-state index contributed by atoms with van der Waals surface area (Å²) in [5, 5.41) is 3.26. The van der Waals surface area contributed by atoms with Crippen LogP contribution < -0.4 is 10.2 Å². The van der Waals surface area contributed by atoms with Crippen molar-refractivity contribution >= 4 is 23.0 Å². The molecular weight excluding hydrogens is 287 g/mol. The van der Waals surface area contributed by atoms with Gasteiger partial charge < -0.3 is 10.2 Å². The highest BCUT2D eigenvalue weighted by Crippen LogP contribution is 2.27. The van der Waals surface area contributed by atoms with Crippen molar-refractivity contribution < 1.29 is 4.39 Å². The molecule has 0 saturated carbocycles. The molecule has 0 fully saturated rings. The fourth-order valence-corrected chi connectivity index (χ4v) is 2.96. The lowest BCUT2D eigenvalue weighted by molar-refractivity contribution is 0.630. The first-order valence-corrected chi connectivity index (χ1v) is 7.54. The Bertz CT molecular complexity index is 657. The molecule has 4 heteroatoms. The van der Waals surface area contributed by atoms with Crippen molar-refractivity contribution in [3.8, 4) is 0 Å². The topological polar surface area (TPSA) is 15.3 Å². The molecular formula is C17H18ClFN2. The average Bonchev–Trinajstić information content (AvgIpc) is 2.49. The van der Waals surface area contributed by atoms with Gasteiger partial charge in [0, 0.05) is 25.8 Å². The number of halogens is 2. The van der Waals surface area contributed by atoms with Crippen LogP contribution in [0.4, 0.5) is 15.8 Å². The lowest BCUT2D eigenvalue weighted by Gasteiger charge is -2.27. The predicted molar refractivity (Wildman–Crippen MR) is 86.8 cm³/mol. The SMILES string of the molecule is CN1CCCc2cc(CNc3cccc(Cl)c3F)ccc21. The third-order valence-corrected chi connectivity index (χ3v) is 4.22. The van der Waals surface area contributed by atoms with E-state index in [-0.39, 0.29) is 5.02 Å². The Hall–Kier alpha value is -1.74. The van der Waals surface area contributed by atoms with Gasteiger partial charge in [-0.25, -0.2) is 4.39 Å². The molecule has 2 aromatic rings. The third kappa shape index (κ3) is 2.98. The largest absolute Gasteiger partial charge is 0.379 e. The Balaban J connectivity index is 1.75. The number of anilines is 2. The monoisotopic (exact) mass is 304 g/mol. The van der Waals surface area contributed by atoms with E-state index in [9.17, 15) is 4.39 Å². The van der Waals surface area contributed by atoms with E-state index in [0.717, 1.165) is 18.5 Å². The maximum absolute atomic E-state index is 13.8. The van der Waals surface area contributed by atoms with Crippen molar-refractivity contribution in [3.63, 3.8) is 0 Å². The number of nitrogens with one attached hydrogen (secondary N) is 1. The maximum Gasteiger partial charge on any atom is 0.164 e. The van der Waals surface area contributed by atoms with E-state index < -0.39 is 5.82 Å². The second-order valence-electron chi connectivity index (χ2n) is 5.44. The van der Waals surface area contributed by atoms with Gasteiger partial charge in [-0.15, -0.1) is 0 Å². The van der Waals surface area contributed by atoms with Crippen LogP contribution in [0.2, 0.25) is 5.02 Å². The van der Waals surface area contributed by atoms with E-state index in [0.29, 0.717) is 12.2 Å². The highest BCUT2D eigenvalue weighted by atomic mass is 35.5. The van der Waals surface area contributed by atoms with E-state index in [1.807, 2.05) is 0 Å². The first kappa shape index (κ1) is 14.2. The maximum atomic E-state index is 13.8. The number of nitrogens with zero attached hydrogens (tertiary/aromatic N) is 1. The number of rotatable bonds is 3. The summed E-state index contributed by atoms with van der Waals surface area (Å²) in [6, 6.07) is 11.5. The summed E-state index contributed by atoms with van der Waals surface area (Å²) < 4.78 is 13.8. The molecule has 110 valence electrons. The Labute approximate surface area is 129 Å². The first-order chi connectivity index (χ1) is 10.1. The van der Waals surface area contributed by atoms with Gasteiger partial charge in [-0.1, -0.05) is 29.8 Å². The number of benzene rings is 2. The molecule has 0 spiro atoms. The minimum absolute atomic E-state index is 0.145. The van der Waals surface area contributed by atoms with Gasteiger partial charge in [-0.2, -0.15) is 0 Å². The highest BCUT2D eigenvalue weighted by molar-refractivity contribution is 6.31. The number of hydrogen-bond donors (Lipinski definition) is 1. The Kier molecular flexibility index (Phi) is 4.02. The van der Waals surface area contributed by atoms with Gasteiger partial charge in [0.05, 0.1) is 10.7 Å². The minimum atomic E-state index is -0.392.